The molecular formula is C12H17N5O5. The average molecular weight is 311 g/mol. The lowest BCUT2D eigenvalue weighted by atomic mass is 9.97. The first-order chi connectivity index (χ1) is 10.6. The van der Waals surface area contributed by atoms with Gasteiger partial charge in [-0.15, -0.1) is 0 Å². The molecule has 1 saturated heterocycles. The number of anilines is 1. The summed E-state index contributed by atoms with van der Waals surface area (Å²) in [5, 5.41) is 28.8. The molecule has 10 heteroatoms. The third-order valence-corrected chi connectivity index (χ3v) is 3.88. The lowest BCUT2D eigenvalue weighted by Gasteiger charge is -2.17. The summed E-state index contributed by atoms with van der Waals surface area (Å²) in [7, 11) is 0. The highest BCUT2D eigenvalue weighted by Gasteiger charge is 2.44. The summed E-state index contributed by atoms with van der Waals surface area (Å²) in [6.45, 7) is -0.430. The van der Waals surface area contributed by atoms with Gasteiger partial charge in [0.15, 0.2) is 17.4 Å². The molecule has 4 atom stereocenters. The van der Waals surface area contributed by atoms with Crippen LogP contribution in [0.5, 0.6) is 0 Å². The van der Waals surface area contributed by atoms with Crippen LogP contribution in [0.2, 0.25) is 0 Å². The highest BCUT2D eigenvalue weighted by molar-refractivity contribution is 5.70. The molecule has 3 heterocycles. The van der Waals surface area contributed by atoms with E-state index in [-0.39, 0.29) is 36.7 Å². The molecule has 1 fully saturated rings. The van der Waals surface area contributed by atoms with E-state index in [0.717, 1.165) is 0 Å². The van der Waals surface area contributed by atoms with Gasteiger partial charge in [0.25, 0.3) is 5.56 Å². The Labute approximate surface area is 124 Å². The number of aromatic nitrogens is 4. The summed E-state index contributed by atoms with van der Waals surface area (Å²) in [6, 6.07) is 0. The second-order valence-corrected chi connectivity index (χ2v) is 5.19. The molecule has 3 rings (SSSR count). The Kier molecular flexibility index (Phi) is 3.83. The van der Waals surface area contributed by atoms with Crippen LogP contribution in [0.3, 0.4) is 0 Å². The third kappa shape index (κ3) is 2.25. The highest BCUT2D eigenvalue weighted by atomic mass is 16.5. The van der Waals surface area contributed by atoms with Crippen molar-refractivity contribution in [3.8, 4) is 0 Å². The fraction of sp³-hybridized carbons (Fsp3) is 0.583. The van der Waals surface area contributed by atoms with Crippen LogP contribution in [0.1, 0.15) is 12.6 Å². The predicted octanol–water partition coefficient (Wildman–Crippen LogP) is -2.05. The SMILES string of the molecule is Nc1nc2ncn([C@@H]3O[C@H](CCO)[C@@H](CO)[C@H]3O)c2c(=O)[nH]1. The van der Waals surface area contributed by atoms with Crippen LogP contribution in [-0.2, 0) is 4.74 Å². The monoisotopic (exact) mass is 311 g/mol. The van der Waals surface area contributed by atoms with E-state index >= 15 is 0 Å². The van der Waals surface area contributed by atoms with Gasteiger partial charge in [-0.1, -0.05) is 0 Å². The minimum atomic E-state index is -1.05. The van der Waals surface area contributed by atoms with E-state index in [1.807, 2.05) is 0 Å². The van der Waals surface area contributed by atoms with Crippen molar-refractivity contribution in [1.29, 1.82) is 0 Å². The summed E-state index contributed by atoms with van der Waals surface area (Å²) in [5.41, 5.74) is 5.23. The van der Waals surface area contributed by atoms with Crippen LogP contribution in [0.15, 0.2) is 11.1 Å². The second kappa shape index (κ2) is 5.65. The van der Waals surface area contributed by atoms with Crippen molar-refractivity contribution in [2.75, 3.05) is 18.9 Å². The van der Waals surface area contributed by atoms with E-state index in [4.69, 9.17) is 15.6 Å². The molecule has 0 saturated carbocycles. The molecule has 0 aromatic carbocycles. The van der Waals surface area contributed by atoms with Gasteiger partial charge in [0.05, 0.1) is 12.7 Å². The van der Waals surface area contributed by atoms with Crippen LogP contribution in [0.4, 0.5) is 5.95 Å². The van der Waals surface area contributed by atoms with E-state index in [1.165, 1.54) is 10.9 Å². The summed E-state index contributed by atoms with van der Waals surface area (Å²) in [4.78, 5) is 22.3. The lowest BCUT2D eigenvalue weighted by molar-refractivity contribution is -0.0400. The minimum absolute atomic E-state index is 0.0537. The summed E-state index contributed by atoms with van der Waals surface area (Å²) >= 11 is 0. The molecule has 0 radical (unpaired) electrons. The van der Waals surface area contributed by atoms with Crippen molar-refractivity contribution in [1.82, 2.24) is 19.5 Å². The van der Waals surface area contributed by atoms with Crippen LogP contribution in [-0.4, -0.2) is 60.3 Å². The number of hydrogen-bond acceptors (Lipinski definition) is 8. The molecular weight excluding hydrogens is 294 g/mol. The molecule has 0 unspecified atom stereocenters. The van der Waals surface area contributed by atoms with Crippen LogP contribution in [0, 0.1) is 5.92 Å². The van der Waals surface area contributed by atoms with Crippen molar-refractivity contribution < 1.29 is 20.1 Å². The number of H-pyrrole nitrogens is 1. The number of nitrogen functional groups attached to an aromatic ring is 1. The number of hydrogen-bond donors (Lipinski definition) is 5. The van der Waals surface area contributed by atoms with E-state index in [2.05, 4.69) is 15.0 Å². The van der Waals surface area contributed by atoms with Crippen molar-refractivity contribution in [3.63, 3.8) is 0 Å². The van der Waals surface area contributed by atoms with Crippen LogP contribution >= 0.6 is 0 Å². The van der Waals surface area contributed by atoms with Gasteiger partial charge in [-0.25, -0.2) is 4.98 Å². The molecule has 120 valence electrons. The van der Waals surface area contributed by atoms with Gasteiger partial charge in [-0.05, 0) is 6.42 Å². The third-order valence-electron chi connectivity index (χ3n) is 3.88. The Morgan fingerprint density at radius 1 is 1.45 bits per heavy atom. The topological polar surface area (TPSA) is 160 Å². The minimum Gasteiger partial charge on any atom is -0.396 e. The molecule has 2 aromatic rings. The zero-order chi connectivity index (χ0) is 15.9. The number of aromatic amines is 1. The van der Waals surface area contributed by atoms with Crippen molar-refractivity contribution >= 4 is 17.1 Å². The molecule has 6 N–H and O–H groups in total. The Morgan fingerprint density at radius 3 is 2.91 bits per heavy atom. The lowest BCUT2D eigenvalue weighted by Crippen LogP contribution is -2.30. The number of aliphatic hydroxyl groups excluding tert-OH is 3. The first kappa shape index (κ1) is 14.9. The number of ether oxygens (including phenoxy) is 1. The van der Waals surface area contributed by atoms with Gasteiger partial charge in [0.1, 0.15) is 12.4 Å². The molecule has 0 aliphatic carbocycles. The zero-order valence-electron chi connectivity index (χ0n) is 11.6. The molecule has 10 nitrogen and oxygen atoms in total. The highest BCUT2D eigenvalue weighted by Crippen LogP contribution is 2.36. The Bertz CT molecular complexity index is 728. The maximum absolute atomic E-state index is 12.0. The van der Waals surface area contributed by atoms with E-state index in [9.17, 15) is 15.0 Å². The van der Waals surface area contributed by atoms with Crippen LogP contribution < -0.4 is 11.3 Å². The zero-order valence-corrected chi connectivity index (χ0v) is 11.6. The van der Waals surface area contributed by atoms with E-state index in [0.29, 0.717) is 0 Å². The predicted molar refractivity (Wildman–Crippen MR) is 74.8 cm³/mol. The molecule has 1 aliphatic rings. The maximum Gasteiger partial charge on any atom is 0.278 e. The van der Waals surface area contributed by atoms with Gasteiger partial charge in [0.2, 0.25) is 5.95 Å². The first-order valence-electron chi connectivity index (χ1n) is 6.84. The largest absolute Gasteiger partial charge is 0.396 e. The Morgan fingerprint density at radius 2 is 2.23 bits per heavy atom. The Hall–Kier alpha value is -2.01. The molecule has 0 bridgehead atoms. The number of nitrogens with zero attached hydrogens (tertiary/aromatic N) is 3. The summed E-state index contributed by atoms with van der Waals surface area (Å²) < 4.78 is 7.06. The smallest absolute Gasteiger partial charge is 0.278 e. The summed E-state index contributed by atoms with van der Waals surface area (Å²) in [5.74, 6) is -0.613. The Balaban J connectivity index is 2.03. The van der Waals surface area contributed by atoms with E-state index in [1.54, 1.807) is 0 Å². The summed E-state index contributed by atoms with van der Waals surface area (Å²) in [6.07, 6.45) is -0.863. The molecule has 22 heavy (non-hydrogen) atoms. The van der Waals surface area contributed by atoms with Gasteiger partial charge in [0, 0.05) is 12.5 Å². The molecule has 1 aliphatic heterocycles. The van der Waals surface area contributed by atoms with Crippen LogP contribution in [0.25, 0.3) is 11.2 Å². The van der Waals surface area contributed by atoms with Crippen molar-refractivity contribution in [2.24, 2.45) is 5.92 Å². The number of fused-ring (bicyclic) bond motifs is 1. The van der Waals surface area contributed by atoms with Gasteiger partial charge >= 0.3 is 0 Å². The fourth-order valence-corrected chi connectivity index (χ4v) is 2.82. The fourth-order valence-electron chi connectivity index (χ4n) is 2.82. The van der Waals surface area contributed by atoms with Gasteiger partial charge in [-0.2, -0.15) is 4.98 Å². The number of rotatable bonds is 4. The standard InChI is InChI=1S/C12H17N5O5/c13-12-15-9-7(10(21)16-12)17(4-14-9)11-8(20)5(3-19)6(22-11)1-2-18/h4-6,8,11,18-20H,1-3H2,(H3,13,15,16,21)/t5-,6-,8-,11-/m1/s1. The molecule has 2 aromatic heterocycles. The van der Waals surface area contributed by atoms with Crippen molar-refractivity contribution in [3.05, 3.63) is 16.7 Å². The second-order valence-electron chi connectivity index (χ2n) is 5.19. The van der Waals surface area contributed by atoms with Gasteiger partial charge < -0.3 is 25.8 Å². The number of imidazole rings is 1. The first-order valence-corrected chi connectivity index (χ1v) is 6.84. The van der Waals surface area contributed by atoms with Crippen molar-refractivity contribution in [2.45, 2.75) is 24.9 Å². The molecule has 0 amide bonds. The number of aliphatic hydroxyl groups is 3. The van der Waals surface area contributed by atoms with E-state index < -0.39 is 29.9 Å². The molecule has 0 spiro atoms. The maximum atomic E-state index is 12.0. The quantitative estimate of drug-likeness (QED) is 0.431. The average Bonchev–Trinajstić information content (AvgIpc) is 3.00. The number of nitrogens with one attached hydrogen (secondary N) is 1. The number of nitrogens with two attached hydrogens (primary N) is 1. The van der Waals surface area contributed by atoms with Gasteiger partial charge in [-0.3, -0.25) is 14.3 Å². The normalized spacial score (nSPS) is 28.5.